The molecular formula is C32H26O8S2. The van der Waals surface area contributed by atoms with Crippen molar-refractivity contribution in [2.45, 2.75) is 32.8 Å². The van der Waals surface area contributed by atoms with Gasteiger partial charge in [-0.25, -0.2) is 16.8 Å². The summed E-state index contributed by atoms with van der Waals surface area (Å²) in [6.07, 6.45) is 0. The maximum Gasteiger partial charge on any atom is 0.206 e. The van der Waals surface area contributed by atoms with Crippen molar-refractivity contribution in [1.82, 2.24) is 0 Å². The van der Waals surface area contributed by atoms with Gasteiger partial charge in [-0.1, -0.05) is 24.3 Å². The average molecular weight is 603 g/mol. The van der Waals surface area contributed by atoms with Gasteiger partial charge in [-0.05, 0) is 108 Å². The number of aromatic hydroxyl groups is 2. The molecule has 8 nitrogen and oxygen atoms in total. The third-order valence-electron chi connectivity index (χ3n) is 6.40. The molecule has 10 heteroatoms. The predicted molar refractivity (Wildman–Crippen MR) is 155 cm³/mol. The van der Waals surface area contributed by atoms with Crippen LogP contribution in [0.15, 0.2) is 141 Å². The molecule has 0 aliphatic rings. The Hall–Kier alpha value is -4.80. The predicted octanol–water partition coefficient (Wildman–Crippen LogP) is 5.92. The van der Waals surface area contributed by atoms with Crippen molar-refractivity contribution in [2.75, 3.05) is 0 Å². The van der Waals surface area contributed by atoms with Crippen LogP contribution in [0.2, 0.25) is 0 Å². The lowest BCUT2D eigenvalue weighted by Crippen LogP contribution is -2.02. The Morgan fingerprint density at radius 3 is 0.952 bits per heavy atom. The zero-order valence-electron chi connectivity index (χ0n) is 22.1. The van der Waals surface area contributed by atoms with Crippen molar-refractivity contribution < 1.29 is 36.5 Å². The van der Waals surface area contributed by atoms with Gasteiger partial charge in [0.1, 0.15) is 36.2 Å². The Labute approximate surface area is 243 Å². The minimum absolute atomic E-state index is 0.00802. The van der Waals surface area contributed by atoms with E-state index >= 15 is 0 Å². The number of hydrogen-bond acceptors (Lipinski definition) is 8. The van der Waals surface area contributed by atoms with E-state index in [9.17, 15) is 27.0 Å². The molecule has 5 aromatic rings. The van der Waals surface area contributed by atoms with E-state index in [1.54, 1.807) is 24.3 Å². The number of sulfone groups is 2. The molecule has 0 spiro atoms. The molecule has 0 aliphatic carbocycles. The summed E-state index contributed by atoms with van der Waals surface area (Å²) >= 11 is 0. The van der Waals surface area contributed by atoms with Gasteiger partial charge in [0, 0.05) is 0 Å². The summed E-state index contributed by atoms with van der Waals surface area (Å²) in [6, 6.07) is 30.6. The first kappa shape index (κ1) is 28.7. The highest BCUT2D eigenvalue weighted by Gasteiger charge is 2.18. The molecule has 2 N–H and O–H groups in total. The topological polar surface area (TPSA) is 127 Å². The van der Waals surface area contributed by atoms with Crippen LogP contribution in [-0.2, 0) is 32.9 Å². The molecular weight excluding hydrogens is 576 g/mol. The molecule has 5 aromatic carbocycles. The van der Waals surface area contributed by atoms with Gasteiger partial charge < -0.3 is 19.7 Å². The van der Waals surface area contributed by atoms with E-state index in [1.165, 1.54) is 72.8 Å². The van der Waals surface area contributed by atoms with Crippen LogP contribution < -0.4 is 9.47 Å². The van der Waals surface area contributed by atoms with Crippen LogP contribution in [0.5, 0.6) is 23.0 Å². The van der Waals surface area contributed by atoms with Gasteiger partial charge in [0.05, 0.1) is 19.6 Å². The highest BCUT2D eigenvalue weighted by atomic mass is 32.2. The third kappa shape index (κ3) is 6.56. The lowest BCUT2D eigenvalue weighted by molar-refractivity contribution is 0.302. The van der Waals surface area contributed by atoms with Crippen molar-refractivity contribution in [3.63, 3.8) is 0 Å². The van der Waals surface area contributed by atoms with Crippen LogP contribution in [0, 0.1) is 0 Å². The van der Waals surface area contributed by atoms with Crippen molar-refractivity contribution in [3.8, 4) is 23.0 Å². The molecule has 42 heavy (non-hydrogen) atoms. The van der Waals surface area contributed by atoms with E-state index < -0.39 is 19.7 Å². The molecule has 0 saturated carbocycles. The largest absolute Gasteiger partial charge is 0.508 e. The molecule has 5 rings (SSSR count). The molecule has 0 aliphatic heterocycles. The Balaban J connectivity index is 1.13. The quantitative estimate of drug-likeness (QED) is 0.202. The second-order valence-electron chi connectivity index (χ2n) is 9.33. The number of rotatable bonds is 10. The maximum atomic E-state index is 12.8. The monoisotopic (exact) mass is 602 g/mol. The van der Waals surface area contributed by atoms with Gasteiger partial charge >= 0.3 is 0 Å². The van der Waals surface area contributed by atoms with E-state index in [0.717, 1.165) is 11.1 Å². The summed E-state index contributed by atoms with van der Waals surface area (Å²) in [5.41, 5.74) is 1.81. The number of phenols is 2. The van der Waals surface area contributed by atoms with E-state index in [1.807, 2.05) is 24.3 Å². The van der Waals surface area contributed by atoms with Gasteiger partial charge in [-0.2, -0.15) is 0 Å². The first-order valence-electron chi connectivity index (χ1n) is 12.7. The molecule has 0 aromatic heterocycles. The summed E-state index contributed by atoms with van der Waals surface area (Å²) in [5.74, 6) is 1.02. The van der Waals surface area contributed by atoms with E-state index in [0.29, 0.717) is 11.5 Å². The fourth-order valence-electron chi connectivity index (χ4n) is 4.02. The second-order valence-corrected chi connectivity index (χ2v) is 13.2. The third-order valence-corrected chi connectivity index (χ3v) is 9.97. The summed E-state index contributed by atoms with van der Waals surface area (Å²) in [4.78, 5) is 0.430. The standard InChI is InChI=1S/C32H26O8S2/c33-25-5-13-29(14-6-25)41(35,36)31-17-9-27(10-18-31)39-21-23-1-2-24(4-3-23)22-40-28-11-19-32(20-12-28)42(37,38)30-15-7-26(34)8-16-30/h1-20,33-34H,21-22H2. The Kier molecular flexibility index (Phi) is 8.19. The minimum Gasteiger partial charge on any atom is -0.508 e. The Bertz CT molecular complexity index is 1720. The zero-order valence-corrected chi connectivity index (χ0v) is 23.8. The minimum atomic E-state index is -3.70. The highest BCUT2D eigenvalue weighted by Crippen LogP contribution is 2.26. The van der Waals surface area contributed by atoms with Crippen LogP contribution in [0.25, 0.3) is 0 Å². The van der Waals surface area contributed by atoms with Crippen LogP contribution >= 0.6 is 0 Å². The Morgan fingerprint density at radius 2 is 0.667 bits per heavy atom. The Morgan fingerprint density at radius 1 is 0.405 bits per heavy atom. The van der Waals surface area contributed by atoms with E-state index in [-0.39, 0.29) is 44.3 Å². The molecule has 0 amide bonds. The van der Waals surface area contributed by atoms with Gasteiger partial charge in [0.15, 0.2) is 0 Å². The smallest absolute Gasteiger partial charge is 0.206 e. The van der Waals surface area contributed by atoms with Gasteiger partial charge in [-0.15, -0.1) is 0 Å². The second kappa shape index (κ2) is 12.0. The molecule has 0 radical (unpaired) electrons. The molecule has 214 valence electrons. The summed E-state index contributed by atoms with van der Waals surface area (Å²) in [7, 11) is -7.41. The summed E-state index contributed by atoms with van der Waals surface area (Å²) < 4.78 is 62.7. The van der Waals surface area contributed by atoms with Crippen LogP contribution in [0.1, 0.15) is 11.1 Å². The van der Waals surface area contributed by atoms with Crippen molar-refractivity contribution in [2.24, 2.45) is 0 Å². The number of benzene rings is 5. The average Bonchev–Trinajstić information content (AvgIpc) is 3.00. The van der Waals surface area contributed by atoms with Gasteiger partial charge in [0.25, 0.3) is 0 Å². The number of ether oxygens (including phenoxy) is 2. The maximum absolute atomic E-state index is 12.8. The molecule has 0 bridgehead atoms. The normalized spacial score (nSPS) is 11.6. The molecule has 0 atom stereocenters. The first-order chi connectivity index (χ1) is 20.1. The van der Waals surface area contributed by atoms with Crippen LogP contribution in [0.3, 0.4) is 0 Å². The summed E-state index contributed by atoms with van der Waals surface area (Å²) in [5, 5.41) is 18.8. The van der Waals surface area contributed by atoms with Crippen molar-refractivity contribution in [1.29, 1.82) is 0 Å². The van der Waals surface area contributed by atoms with Gasteiger partial charge in [0.2, 0.25) is 19.7 Å². The fraction of sp³-hybridized carbons (Fsp3) is 0.0625. The molecule has 0 saturated heterocycles. The van der Waals surface area contributed by atoms with Crippen molar-refractivity contribution >= 4 is 19.7 Å². The van der Waals surface area contributed by atoms with Crippen molar-refractivity contribution in [3.05, 3.63) is 132 Å². The molecule has 0 fully saturated rings. The van der Waals surface area contributed by atoms with Gasteiger partial charge in [-0.3, -0.25) is 0 Å². The van der Waals surface area contributed by atoms with Crippen LogP contribution in [0.4, 0.5) is 0 Å². The zero-order chi connectivity index (χ0) is 29.7. The first-order valence-corrected chi connectivity index (χ1v) is 15.7. The summed E-state index contributed by atoms with van der Waals surface area (Å²) in [6.45, 7) is 0.560. The SMILES string of the molecule is O=S(=O)(c1ccc(O)cc1)c1ccc(OCc2ccc(COc3ccc(S(=O)(=O)c4ccc(O)cc4)cc3)cc2)cc1. The van der Waals surface area contributed by atoms with Crippen LogP contribution in [-0.4, -0.2) is 27.0 Å². The number of phenolic OH excluding ortho intramolecular Hbond substituents is 2. The number of hydrogen-bond donors (Lipinski definition) is 2. The molecule has 0 unspecified atom stereocenters. The van der Waals surface area contributed by atoms with E-state index in [4.69, 9.17) is 9.47 Å². The lowest BCUT2D eigenvalue weighted by atomic mass is 10.1. The highest BCUT2D eigenvalue weighted by molar-refractivity contribution is 7.91. The lowest BCUT2D eigenvalue weighted by Gasteiger charge is -2.10. The fourth-order valence-corrected chi connectivity index (χ4v) is 6.54. The van der Waals surface area contributed by atoms with E-state index in [2.05, 4.69) is 0 Å². The molecule has 0 heterocycles.